The molecule has 3 aromatic carbocycles. The van der Waals surface area contributed by atoms with Gasteiger partial charge in [-0.2, -0.15) is 0 Å². The van der Waals surface area contributed by atoms with Crippen molar-refractivity contribution in [3.8, 4) is 0 Å². The van der Waals surface area contributed by atoms with Crippen molar-refractivity contribution in [2.24, 2.45) is 0 Å². The summed E-state index contributed by atoms with van der Waals surface area (Å²) in [6, 6.07) is 36.4. The van der Waals surface area contributed by atoms with Crippen molar-refractivity contribution in [3.05, 3.63) is 146 Å². The molecule has 6 aromatic heterocycles. The Balaban J connectivity index is 0.000000163. The maximum absolute atomic E-state index is 10.7. The van der Waals surface area contributed by atoms with E-state index in [-0.39, 0.29) is 19.8 Å². The number of benzene rings is 3. The molecule has 0 radical (unpaired) electrons. The third-order valence-electron chi connectivity index (χ3n) is 7.03. The SMILES string of the molecule is F[P-](F)(F)(F)(F)F.F[P-](F)(F)(F)(F)F.[Os+2].c1cnc2c(c1)ccc1cccnc12.c1cnc2c(c1)ccc1cccnc12.c1cnc2c(c1)ccc1cccnc12. The zero-order chi connectivity index (χ0) is 41.0. The van der Waals surface area contributed by atoms with Gasteiger partial charge in [0.15, 0.2) is 0 Å². The molecule has 0 saturated carbocycles. The van der Waals surface area contributed by atoms with Gasteiger partial charge in [-0.05, 0) is 36.4 Å². The minimum atomic E-state index is -10.7. The Bertz CT molecular complexity index is 2360. The van der Waals surface area contributed by atoms with Gasteiger partial charge in [-0.25, -0.2) is 0 Å². The van der Waals surface area contributed by atoms with Crippen LogP contribution >= 0.6 is 15.6 Å². The minimum Gasteiger partial charge on any atom is -0.254 e. The summed E-state index contributed by atoms with van der Waals surface area (Å²) in [7, 11) is -21.3. The summed E-state index contributed by atoms with van der Waals surface area (Å²) >= 11 is 0. The van der Waals surface area contributed by atoms with Crippen molar-refractivity contribution in [2.45, 2.75) is 0 Å². The first-order valence-corrected chi connectivity index (χ1v) is 19.7. The van der Waals surface area contributed by atoms with Crippen LogP contribution in [-0.2, 0) is 19.8 Å². The molecule has 21 heteroatoms. The van der Waals surface area contributed by atoms with Gasteiger partial charge in [0.05, 0.1) is 33.1 Å². The predicted molar refractivity (Wildman–Crippen MR) is 198 cm³/mol. The van der Waals surface area contributed by atoms with Crippen LogP contribution in [0, 0.1) is 0 Å². The fourth-order valence-electron chi connectivity index (χ4n) is 5.04. The monoisotopic (exact) mass is 1020 g/mol. The molecule has 6 heterocycles. The van der Waals surface area contributed by atoms with Crippen molar-refractivity contribution in [3.63, 3.8) is 0 Å². The molecule has 0 fully saturated rings. The second-order valence-electron chi connectivity index (χ2n) is 11.6. The average molecular weight is 1020 g/mol. The van der Waals surface area contributed by atoms with Crippen LogP contribution in [-0.4, -0.2) is 29.9 Å². The van der Waals surface area contributed by atoms with E-state index in [1.807, 2.05) is 36.4 Å². The molecule has 0 bridgehead atoms. The summed E-state index contributed by atoms with van der Waals surface area (Å²) in [6.45, 7) is 0. The zero-order valence-corrected chi connectivity index (χ0v) is 32.7. The molecule has 0 aliphatic rings. The van der Waals surface area contributed by atoms with Crippen LogP contribution in [0.4, 0.5) is 50.4 Å². The number of nitrogens with zero attached hydrogens (tertiary/aromatic N) is 6. The number of halogens is 12. The number of rotatable bonds is 0. The fraction of sp³-hybridized carbons (Fsp3) is 0. The third-order valence-corrected chi connectivity index (χ3v) is 7.03. The van der Waals surface area contributed by atoms with E-state index in [4.69, 9.17) is 0 Å². The number of pyridine rings is 6. The smallest absolute Gasteiger partial charge is 0.254 e. The summed E-state index contributed by atoms with van der Waals surface area (Å²) in [5.74, 6) is 0. The Morgan fingerprint density at radius 1 is 0.246 bits per heavy atom. The first kappa shape index (κ1) is 44.5. The quantitative estimate of drug-likeness (QED) is 0.0856. The van der Waals surface area contributed by atoms with Gasteiger partial charge in [-0.1, -0.05) is 72.8 Å². The molecule has 9 aromatic rings. The van der Waals surface area contributed by atoms with Crippen molar-refractivity contribution in [2.75, 3.05) is 0 Å². The molecule has 6 nitrogen and oxygen atoms in total. The van der Waals surface area contributed by atoms with E-state index in [0.29, 0.717) is 0 Å². The third kappa shape index (κ3) is 15.7. The van der Waals surface area contributed by atoms with Crippen molar-refractivity contribution < 1.29 is 70.2 Å². The van der Waals surface area contributed by atoms with Gasteiger partial charge in [0.2, 0.25) is 0 Å². The second-order valence-corrected chi connectivity index (χ2v) is 15.4. The van der Waals surface area contributed by atoms with E-state index in [0.717, 1.165) is 65.4 Å². The van der Waals surface area contributed by atoms with E-state index in [1.54, 1.807) is 37.2 Å². The Morgan fingerprint density at radius 3 is 0.491 bits per heavy atom. The molecule has 0 saturated heterocycles. The van der Waals surface area contributed by atoms with Gasteiger partial charge in [-0.15, -0.1) is 0 Å². The number of hydrogen-bond acceptors (Lipinski definition) is 6. The topological polar surface area (TPSA) is 77.3 Å². The molecule has 0 amide bonds. The molecule has 9 rings (SSSR count). The van der Waals surface area contributed by atoms with Gasteiger partial charge in [-0.3, -0.25) is 29.9 Å². The van der Waals surface area contributed by atoms with Crippen molar-refractivity contribution in [1.82, 2.24) is 29.9 Å². The first-order chi connectivity index (χ1) is 25.7. The maximum Gasteiger partial charge on any atom is 2.00 e. The van der Waals surface area contributed by atoms with E-state index < -0.39 is 15.6 Å². The Morgan fingerprint density at radius 2 is 0.368 bits per heavy atom. The molecule has 0 N–H and O–H groups in total. The molecular weight excluding hydrogens is 997 g/mol. The van der Waals surface area contributed by atoms with Crippen LogP contribution in [0.3, 0.4) is 0 Å². The summed E-state index contributed by atoms with van der Waals surface area (Å²) in [6.07, 6.45) is 10.8. The number of fused-ring (bicyclic) bond motifs is 9. The second kappa shape index (κ2) is 15.3. The maximum atomic E-state index is 9.87. The minimum absolute atomic E-state index is 0. The van der Waals surface area contributed by atoms with Gasteiger partial charge in [0.1, 0.15) is 0 Å². The van der Waals surface area contributed by atoms with Crippen LogP contribution in [0.15, 0.2) is 146 Å². The van der Waals surface area contributed by atoms with Gasteiger partial charge in [0.25, 0.3) is 0 Å². The van der Waals surface area contributed by atoms with Gasteiger partial charge >= 0.3 is 85.8 Å². The van der Waals surface area contributed by atoms with Gasteiger partial charge in [0, 0.05) is 69.5 Å². The largest absolute Gasteiger partial charge is 2.00 e. The fourth-order valence-corrected chi connectivity index (χ4v) is 5.04. The Labute approximate surface area is 326 Å². The molecule has 0 spiro atoms. The summed E-state index contributed by atoms with van der Waals surface area (Å²) in [4.78, 5) is 26.1. The number of aromatic nitrogens is 6. The molecule has 0 aliphatic carbocycles. The summed E-state index contributed by atoms with van der Waals surface area (Å²) in [5.41, 5.74) is 5.86. The van der Waals surface area contributed by atoms with Crippen LogP contribution in [0.25, 0.3) is 65.4 Å². The molecule has 57 heavy (non-hydrogen) atoms. The molecular formula is C36H24F12N6OsP2. The van der Waals surface area contributed by atoms with Crippen LogP contribution in [0.5, 0.6) is 0 Å². The van der Waals surface area contributed by atoms with Crippen molar-refractivity contribution >= 4 is 81.0 Å². The van der Waals surface area contributed by atoms with E-state index in [1.165, 1.54) is 0 Å². The van der Waals surface area contributed by atoms with Crippen LogP contribution in [0.2, 0.25) is 0 Å². The summed E-state index contributed by atoms with van der Waals surface area (Å²) < 4.78 is 118. The molecule has 300 valence electrons. The van der Waals surface area contributed by atoms with Gasteiger partial charge < -0.3 is 0 Å². The normalized spacial score (nSPS) is 13.7. The summed E-state index contributed by atoms with van der Waals surface area (Å²) in [5, 5.41) is 6.83. The molecule has 0 unspecified atom stereocenters. The Kier molecular flexibility index (Phi) is 11.9. The zero-order valence-electron chi connectivity index (χ0n) is 28.3. The van der Waals surface area contributed by atoms with E-state index >= 15 is 0 Å². The molecule has 0 aliphatic heterocycles. The standard InChI is InChI=1S/3C12H8N2.2F6P.Os/c3*1-3-9-5-6-10-4-2-8-14-12(10)11(9)13-7-1;2*1-7(2,3,4,5)6;/h3*1-8H;;;/q;;;2*-1;+2. The number of hydrogen-bond donors (Lipinski definition) is 0. The van der Waals surface area contributed by atoms with Crippen molar-refractivity contribution in [1.29, 1.82) is 0 Å². The Hall–Kier alpha value is -5.22. The predicted octanol–water partition coefficient (Wildman–Crippen LogP) is 15.1. The molecule has 0 atom stereocenters. The average Bonchev–Trinajstić information content (AvgIpc) is 3.13. The van der Waals surface area contributed by atoms with E-state index in [2.05, 4.69) is 103 Å². The first-order valence-electron chi connectivity index (χ1n) is 15.6. The van der Waals surface area contributed by atoms with Crippen LogP contribution < -0.4 is 0 Å². The van der Waals surface area contributed by atoms with Crippen LogP contribution in [0.1, 0.15) is 0 Å². The van der Waals surface area contributed by atoms with E-state index in [9.17, 15) is 50.4 Å².